The number of aromatic nitrogens is 2. The van der Waals surface area contributed by atoms with Crippen molar-refractivity contribution in [1.29, 1.82) is 4.78 Å². The third kappa shape index (κ3) is 4.10. The van der Waals surface area contributed by atoms with Crippen molar-refractivity contribution in [1.82, 2.24) is 15.6 Å². The van der Waals surface area contributed by atoms with E-state index in [9.17, 15) is 13.8 Å². The zero-order valence-corrected chi connectivity index (χ0v) is 14.8. The number of oxime groups is 1. The summed E-state index contributed by atoms with van der Waals surface area (Å²) in [4.78, 5) is 0. The molecular formula is C15H18FN5O4S. The molecule has 0 saturated carbocycles. The molecule has 0 aliphatic heterocycles. The molecule has 1 aromatic heterocycles. The van der Waals surface area contributed by atoms with Crippen LogP contribution >= 0.6 is 0 Å². The molecule has 11 heteroatoms. The predicted molar refractivity (Wildman–Crippen MR) is 90.4 cm³/mol. The van der Waals surface area contributed by atoms with E-state index in [1.54, 1.807) is 6.07 Å². The highest BCUT2D eigenvalue weighted by Gasteiger charge is 2.30. The number of benzene rings is 1. The Morgan fingerprint density at radius 1 is 1.58 bits per heavy atom. The molecule has 1 aromatic carbocycles. The first-order valence-corrected chi connectivity index (χ1v) is 9.95. The first kappa shape index (κ1) is 18.1. The maximum atomic E-state index is 13.4. The molecule has 2 atom stereocenters. The van der Waals surface area contributed by atoms with Gasteiger partial charge in [0.25, 0.3) is 5.88 Å². The molecule has 0 bridgehead atoms. The molecular weight excluding hydrogens is 365 g/mol. The average Bonchev–Trinajstić information content (AvgIpc) is 3.02. The second kappa shape index (κ2) is 7.28. The van der Waals surface area contributed by atoms with E-state index in [1.807, 2.05) is 0 Å². The van der Waals surface area contributed by atoms with Crippen LogP contribution in [-0.4, -0.2) is 44.2 Å². The van der Waals surface area contributed by atoms with Gasteiger partial charge in [-0.2, -0.15) is 0 Å². The molecule has 140 valence electrons. The molecule has 1 unspecified atom stereocenters. The SMILES string of the molecule is C[S@@](=N)(=O)CCCOc1nonc1/C(=N/O)NC1Cc2ccc(F)cc21. The second-order valence-corrected chi connectivity index (χ2v) is 8.44. The van der Waals surface area contributed by atoms with Gasteiger partial charge in [0.2, 0.25) is 11.5 Å². The van der Waals surface area contributed by atoms with Crippen molar-refractivity contribution in [3.63, 3.8) is 0 Å². The molecule has 0 radical (unpaired) electrons. The summed E-state index contributed by atoms with van der Waals surface area (Å²) in [5.74, 6) is -0.151. The highest BCUT2D eigenvalue weighted by Crippen LogP contribution is 2.33. The molecule has 0 fully saturated rings. The van der Waals surface area contributed by atoms with Crippen LogP contribution in [0.1, 0.15) is 29.3 Å². The summed E-state index contributed by atoms with van der Waals surface area (Å²) in [7, 11) is -2.59. The summed E-state index contributed by atoms with van der Waals surface area (Å²) in [5.41, 5.74) is 1.85. The van der Waals surface area contributed by atoms with E-state index in [0.29, 0.717) is 12.8 Å². The minimum atomic E-state index is -2.59. The Bertz CT molecular complexity index is 928. The van der Waals surface area contributed by atoms with Crippen molar-refractivity contribution in [2.24, 2.45) is 5.16 Å². The Balaban J connectivity index is 1.64. The van der Waals surface area contributed by atoms with Crippen LogP contribution < -0.4 is 10.1 Å². The molecule has 1 heterocycles. The fourth-order valence-electron chi connectivity index (χ4n) is 2.64. The third-order valence-electron chi connectivity index (χ3n) is 3.92. The summed E-state index contributed by atoms with van der Waals surface area (Å²) in [6.45, 7) is 0.154. The van der Waals surface area contributed by atoms with E-state index in [1.165, 1.54) is 18.4 Å². The van der Waals surface area contributed by atoms with Crippen molar-refractivity contribution < 1.29 is 23.2 Å². The van der Waals surface area contributed by atoms with Gasteiger partial charge in [-0.15, -0.1) is 0 Å². The standard InChI is InChI=1S/C15H18FN5O4S/c1-26(17,23)6-2-5-24-15-13(20-25-21-15)14(19-22)18-12-7-9-3-4-10(16)8-11(9)12/h3-4,8,12,17,22H,2,5-7H2,1H3,(H,18,19)/t12?,26-/m1/s1. The van der Waals surface area contributed by atoms with E-state index in [4.69, 9.17) is 9.52 Å². The number of halogens is 1. The lowest BCUT2D eigenvalue weighted by molar-refractivity contribution is 0.256. The number of hydrogen-bond donors (Lipinski definition) is 3. The van der Waals surface area contributed by atoms with Crippen LogP contribution in [0.4, 0.5) is 4.39 Å². The number of nitrogens with one attached hydrogen (secondary N) is 2. The largest absolute Gasteiger partial charge is 0.474 e. The summed E-state index contributed by atoms with van der Waals surface area (Å²) in [6.07, 6.45) is 2.39. The minimum absolute atomic E-state index is 0.0108. The number of nitrogens with zero attached hydrogens (tertiary/aromatic N) is 3. The number of fused-ring (bicyclic) bond motifs is 1. The van der Waals surface area contributed by atoms with Crippen molar-refractivity contribution in [2.45, 2.75) is 18.9 Å². The Hall–Kier alpha value is -2.69. The molecule has 26 heavy (non-hydrogen) atoms. The quantitative estimate of drug-likeness (QED) is 0.218. The van der Waals surface area contributed by atoms with Gasteiger partial charge in [0.05, 0.1) is 12.6 Å². The molecule has 3 rings (SSSR count). The Morgan fingerprint density at radius 2 is 2.38 bits per heavy atom. The van der Waals surface area contributed by atoms with Crippen molar-refractivity contribution >= 4 is 15.6 Å². The second-order valence-electron chi connectivity index (χ2n) is 6.02. The van der Waals surface area contributed by atoms with Crippen molar-refractivity contribution in [3.05, 3.63) is 40.8 Å². The minimum Gasteiger partial charge on any atom is -0.474 e. The van der Waals surface area contributed by atoms with Crippen LogP contribution in [0.2, 0.25) is 0 Å². The van der Waals surface area contributed by atoms with Crippen molar-refractivity contribution in [2.75, 3.05) is 18.6 Å². The zero-order valence-electron chi connectivity index (χ0n) is 13.9. The fourth-order valence-corrected chi connectivity index (χ4v) is 3.30. The summed E-state index contributed by atoms with van der Waals surface area (Å²) in [5, 5.41) is 22.7. The highest BCUT2D eigenvalue weighted by atomic mass is 32.2. The number of amidine groups is 1. The van der Waals surface area contributed by atoms with Gasteiger partial charge in [-0.25, -0.2) is 9.02 Å². The van der Waals surface area contributed by atoms with Gasteiger partial charge in [-0.1, -0.05) is 11.2 Å². The first-order valence-electron chi connectivity index (χ1n) is 7.81. The summed E-state index contributed by atoms with van der Waals surface area (Å²) >= 11 is 0. The molecule has 0 saturated heterocycles. The van der Waals surface area contributed by atoms with E-state index in [0.717, 1.165) is 11.1 Å². The lowest BCUT2D eigenvalue weighted by Gasteiger charge is -2.31. The first-order chi connectivity index (χ1) is 12.4. The molecule has 0 spiro atoms. The van der Waals surface area contributed by atoms with E-state index in [2.05, 4.69) is 25.4 Å². The number of ether oxygens (including phenoxy) is 1. The van der Waals surface area contributed by atoms with Crippen molar-refractivity contribution in [3.8, 4) is 5.88 Å². The van der Waals surface area contributed by atoms with Gasteiger partial charge in [-0.05, 0) is 46.4 Å². The van der Waals surface area contributed by atoms with Crippen LogP contribution in [0.25, 0.3) is 0 Å². The van der Waals surface area contributed by atoms with Crippen LogP contribution in [0.3, 0.4) is 0 Å². The third-order valence-corrected chi connectivity index (χ3v) is 4.99. The topological polar surface area (TPSA) is 134 Å². The Labute approximate surface area is 149 Å². The Kier molecular flexibility index (Phi) is 5.07. The van der Waals surface area contributed by atoms with Gasteiger partial charge in [0.15, 0.2) is 0 Å². The summed E-state index contributed by atoms with van der Waals surface area (Å²) < 4.78 is 42.1. The van der Waals surface area contributed by atoms with Gasteiger partial charge in [0.1, 0.15) is 5.82 Å². The van der Waals surface area contributed by atoms with E-state index >= 15 is 0 Å². The lowest BCUT2D eigenvalue weighted by Crippen LogP contribution is -2.36. The highest BCUT2D eigenvalue weighted by molar-refractivity contribution is 7.91. The van der Waals surface area contributed by atoms with E-state index in [-0.39, 0.29) is 41.6 Å². The smallest absolute Gasteiger partial charge is 0.287 e. The van der Waals surface area contributed by atoms with Crippen LogP contribution in [0.15, 0.2) is 28.0 Å². The lowest BCUT2D eigenvalue weighted by atomic mass is 9.83. The fraction of sp³-hybridized carbons (Fsp3) is 0.400. The number of hydrogen-bond acceptors (Lipinski definition) is 8. The van der Waals surface area contributed by atoms with Crippen LogP contribution in [0.5, 0.6) is 5.88 Å². The van der Waals surface area contributed by atoms with Gasteiger partial charge in [-0.3, -0.25) is 8.99 Å². The van der Waals surface area contributed by atoms with Crippen LogP contribution in [-0.2, 0) is 16.1 Å². The number of rotatable bonds is 7. The van der Waals surface area contributed by atoms with Gasteiger partial charge in [0, 0.05) is 21.7 Å². The zero-order chi connectivity index (χ0) is 18.7. The van der Waals surface area contributed by atoms with Crippen LogP contribution in [0, 0.1) is 10.6 Å². The maximum absolute atomic E-state index is 13.4. The molecule has 1 aliphatic rings. The summed E-state index contributed by atoms with van der Waals surface area (Å²) in [6, 6.07) is 4.30. The normalized spacial score (nSPS) is 18.5. The molecule has 9 nitrogen and oxygen atoms in total. The average molecular weight is 383 g/mol. The maximum Gasteiger partial charge on any atom is 0.287 e. The molecule has 3 N–H and O–H groups in total. The van der Waals surface area contributed by atoms with Gasteiger partial charge < -0.3 is 15.3 Å². The molecule has 2 aromatic rings. The molecule has 0 amide bonds. The molecule has 1 aliphatic carbocycles. The Morgan fingerprint density at radius 3 is 3.12 bits per heavy atom. The van der Waals surface area contributed by atoms with Gasteiger partial charge >= 0.3 is 0 Å². The predicted octanol–water partition coefficient (Wildman–Crippen LogP) is 1.68. The van der Waals surface area contributed by atoms with E-state index < -0.39 is 9.73 Å². The monoisotopic (exact) mass is 383 g/mol.